The minimum Gasteiger partial charge on any atom is -0.359 e. The predicted molar refractivity (Wildman–Crippen MR) is 93.4 cm³/mol. The molecule has 2 N–H and O–H groups in total. The van der Waals surface area contributed by atoms with Gasteiger partial charge < -0.3 is 10.6 Å². The fourth-order valence-corrected chi connectivity index (χ4v) is 3.62. The molecule has 3 heterocycles. The quantitative estimate of drug-likeness (QED) is 0.637. The predicted octanol–water partition coefficient (Wildman–Crippen LogP) is 1.10. The highest BCUT2D eigenvalue weighted by molar-refractivity contribution is 7.14. The Hall–Kier alpha value is -2.66. The Labute approximate surface area is 151 Å². The number of thiophene rings is 1. The summed E-state index contributed by atoms with van der Waals surface area (Å²) in [6.45, 7) is 0. The maximum Gasteiger partial charge on any atom is 0.228 e. The summed E-state index contributed by atoms with van der Waals surface area (Å²) >= 11 is 2.83. The number of carbonyl (C=O) groups is 2. The second-order valence-electron chi connectivity index (χ2n) is 5.11. The molecule has 0 aliphatic carbocycles. The third-order valence-corrected chi connectivity index (χ3v) is 4.92. The highest BCUT2D eigenvalue weighted by Gasteiger charge is 2.20. The number of likely N-dealkylation sites (N-methyl/N-ethyl adjacent to an activating group) is 1. The van der Waals surface area contributed by atoms with Crippen molar-refractivity contribution in [2.24, 2.45) is 0 Å². The lowest BCUT2D eigenvalue weighted by atomic mass is 10.1. The molecule has 0 fully saturated rings. The Bertz CT molecular complexity index is 795. The largest absolute Gasteiger partial charge is 0.359 e. The zero-order valence-corrected chi connectivity index (χ0v) is 14.9. The number of nitrogens with one attached hydrogen (secondary N) is 2. The van der Waals surface area contributed by atoms with E-state index in [1.807, 2.05) is 16.8 Å². The molecule has 9 nitrogen and oxygen atoms in total. The Kier molecular flexibility index (Phi) is 5.46. The van der Waals surface area contributed by atoms with Crippen molar-refractivity contribution < 1.29 is 9.59 Å². The van der Waals surface area contributed by atoms with Crippen LogP contribution in [0.5, 0.6) is 0 Å². The van der Waals surface area contributed by atoms with Gasteiger partial charge in [-0.2, -0.15) is 11.3 Å². The van der Waals surface area contributed by atoms with Crippen molar-refractivity contribution in [2.45, 2.75) is 18.9 Å². The molecular formula is C14H15N7O2S2. The third kappa shape index (κ3) is 4.45. The molecule has 0 saturated heterocycles. The van der Waals surface area contributed by atoms with Crippen molar-refractivity contribution in [3.63, 3.8) is 0 Å². The molecule has 2 amide bonds. The molecule has 130 valence electrons. The van der Waals surface area contributed by atoms with E-state index >= 15 is 0 Å². The average Bonchev–Trinajstić information content (AvgIpc) is 3.35. The van der Waals surface area contributed by atoms with Gasteiger partial charge in [-0.3, -0.25) is 9.59 Å². The van der Waals surface area contributed by atoms with Crippen LogP contribution in [0.2, 0.25) is 0 Å². The van der Waals surface area contributed by atoms with E-state index in [0.29, 0.717) is 10.8 Å². The van der Waals surface area contributed by atoms with Gasteiger partial charge in [-0.15, -0.1) is 16.4 Å². The van der Waals surface area contributed by atoms with Crippen LogP contribution in [0.4, 0.5) is 5.13 Å². The molecule has 1 unspecified atom stereocenters. The first kappa shape index (κ1) is 17.2. The van der Waals surface area contributed by atoms with E-state index in [4.69, 9.17) is 0 Å². The van der Waals surface area contributed by atoms with Crippen LogP contribution in [0, 0.1) is 0 Å². The summed E-state index contributed by atoms with van der Waals surface area (Å²) in [6, 6.07) is 1.65. The summed E-state index contributed by atoms with van der Waals surface area (Å²) in [7, 11) is 1.57. The van der Waals surface area contributed by atoms with Gasteiger partial charge in [0.15, 0.2) is 5.13 Å². The van der Waals surface area contributed by atoms with Gasteiger partial charge in [0.1, 0.15) is 6.33 Å². The first-order valence-electron chi connectivity index (χ1n) is 7.35. The van der Waals surface area contributed by atoms with Crippen molar-refractivity contribution in [1.29, 1.82) is 0 Å². The Morgan fingerprint density at radius 2 is 2.20 bits per heavy atom. The van der Waals surface area contributed by atoms with E-state index in [2.05, 4.69) is 31.1 Å². The van der Waals surface area contributed by atoms with Crippen LogP contribution >= 0.6 is 22.7 Å². The maximum absolute atomic E-state index is 12.4. The zero-order chi connectivity index (χ0) is 17.6. The van der Waals surface area contributed by atoms with Crippen LogP contribution in [-0.2, 0) is 16.0 Å². The van der Waals surface area contributed by atoms with Crippen molar-refractivity contribution in [3.05, 3.63) is 39.8 Å². The number of tetrazole rings is 1. The normalized spacial score (nSPS) is 11.9. The van der Waals surface area contributed by atoms with Crippen molar-refractivity contribution in [1.82, 2.24) is 30.5 Å². The molecule has 25 heavy (non-hydrogen) atoms. The van der Waals surface area contributed by atoms with Gasteiger partial charge in [-0.25, -0.2) is 9.67 Å². The summed E-state index contributed by atoms with van der Waals surface area (Å²) < 4.78 is 1.56. The van der Waals surface area contributed by atoms with Crippen LogP contribution in [0.25, 0.3) is 0 Å². The fraction of sp³-hybridized carbons (Fsp3) is 0.286. The first-order chi connectivity index (χ1) is 12.2. The number of carbonyl (C=O) groups excluding carboxylic acids is 2. The van der Waals surface area contributed by atoms with Gasteiger partial charge in [0.2, 0.25) is 11.8 Å². The van der Waals surface area contributed by atoms with Crippen LogP contribution < -0.4 is 10.6 Å². The Morgan fingerprint density at radius 1 is 1.32 bits per heavy atom. The van der Waals surface area contributed by atoms with Crippen molar-refractivity contribution in [3.8, 4) is 0 Å². The maximum atomic E-state index is 12.4. The Balaban J connectivity index is 1.65. The summed E-state index contributed by atoms with van der Waals surface area (Å²) in [5.41, 5.74) is 1.58. The molecule has 1 atom stereocenters. The fourth-order valence-electron chi connectivity index (χ4n) is 2.18. The topological polar surface area (TPSA) is 115 Å². The van der Waals surface area contributed by atoms with Gasteiger partial charge >= 0.3 is 0 Å². The molecule has 3 rings (SSSR count). The monoisotopic (exact) mass is 377 g/mol. The molecule has 0 aliphatic heterocycles. The van der Waals surface area contributed by atoms with Crippen LogP contribution in [0.15, 0.2) is 28.5 Å². The van der Waals surface area contributed by atoms with Gasteiger partial charge in [0, 0.05) is 12.4 Å². The van der Waals surface area contributed by atoms with E-state index in [0.717, 1.165) is 5.56 Å². The smallest absolute Gasteiger partial charge is 0.228 e. The molecule has 0 radical (unpaired) electrons. The number of anilines is 1. The van der Waals surface area contributed by atoms with E-state index in [1.54, 1.807) is 28.4 Å². The lowest BCUT2D eigenvalue weighted by Gasteiger charge is -2.14. The standard InChI is InChI=1S/C14H15N7O2S2/c1-15-12(22)4-10-7-25-14(17-10)18-13(23)5-11(9-2-3-24-6-9)21-8-16-19-20-21/h2-3,6-8,11H,4-5H2,1H3,(H,15,22)(H,17,18,23). The number of hydrogen-bond donors (Lipinski definition) is 2. The van der Waals surface area contributed by atoms with E-state index in [9.17, 15) is 9.59 Å². The number of aromatic nitrogens is 5. The number of nitrogens with zero attached hydrogens (tertiary/aromatic N) is 5. The number of rotatable bonds is 7. The molecule has 0 bridgehead atoms. The van der Waals surface area contributed by atoms with E-state index in [1.165, 1.54) is 17.7 Å². The molecular weight excluding hydrogens is 362 g/mol. The van der Waals surface area contributed by atoms with Crippen molar-refractivity contribution in [2.75, 3.05) is 12.4 Å². The molecule has 3 aromatic rings. The molecule has 0 spiro atoms. The zero-order valence-electron chi connectivity index (χ0n) is 13.2. The van der Waals surface area contributed by atoms with Crippen molar-refractivity contribution >= 4 is 39.6 Å². The summed E-state index contributed by atoms with van der Waals surface area (Å²) in [6.07, 6.45) is 1.84. The minimum atomic E-state index is -0.286. The molecule has 0 saturated carbocycles. The highest BCUT2D eigenvalue weighted by Crippen LogP contribution is 2.24. The molecule has 3 aromatic heterocycles. The van der Waals surface area contributed by atoms with Gasteiger partial charge in [-0.1, -0.05) is 0 Å². The number of amides is 2. The lowest BCUT2D eigenvalue weighted by Crippen LogP contribution is -2.21. The first-order valence-corrected chi connectivity index (χ1v) is 9.17. The molecule has 0 aliphatic rings. The van der Waals surface area contributed by atoms with Gasteiger partial charge in [-0.05, 0) is 32.8 Å². The SMILES string of the molecule is CNC(=O)Cc1csc(NC(=O)CC(c2ccsc2)n2cnnn2)n1. The number of thiazole rings is 1. The average molecular weight is 377 g/mol. The summed E-state index contributed by atoms with van der Waals surface area (Å²) in [4.78, 5) is 28.0. The Morgan fingerprint density at radius 3 is 2.88 bits per heavy atom. The van der Waals surface area contributed by atoms with Crippen LogP contribution in [0.3, 0.4) is 0 Å². The number of hydrogen-bond acceptors (Lipinski definition) is 8. The lowest BCUT2D eigenvalue weighted by molar-refractivity contribution is -0.120. The van der Waals surface area contributed by atoms with E-state index < -0.39 is 0 Å². The van der Waals surface area contributed by atoms with E-state index in [-0.39, 0.29) is 30.7 Å². The second kappa shape index (κ2) is 7.94. The summed E-state index contributed by atoms with van der Waals surface area (Å²) in [5, 5.41) is 22.6. The molecule has 11 heteroatoms. The van der Waals surface area contributed by atoms with Gasteiger partial charge in [0.25, 0.3) is 0 Å². The molecule has 0 aromatic carbocycles. The highest BCUT2D eigenvalue weighted by atomic mass is 32.1. The van der Waals surface area contributed by atoms with Crippen LogP contribution in [0.1, 0.15) is 23.7 Å². The minimum absolute atomic E-state index is 0.126. The van der Waals surface area contributed by atoms with Crippen LogP contribution in [-0.4, -0.2) is 44.1 Å². The summed E-state index contributed by atoms with van der Waals surface area (Å²) in [5.74, 6) is -0.327. The third-order valence-electron chi connectivity index (χ3n) is 3.41. The van der Waals surface area contributed by atoms with Gasteiger partial charge in [0.05, 0.1) is 24.6 Å². The second-order valence-corrected chi connectivity index (χ2v) is 6.75.